The van der Waals surface area contributed by atoms with Gasteiger partial charge in [0.15, 0.2) is 0 Å². The first kappa shape index (κ1) is 18.7. The molecule has 0 heterocycles. The van der Waals surface area contributed by atoms with E-state index in [4.69, 9.17) is 5.73 Å². The van der Waals surface area contributed by atoms with Crippen LogP contribution in [0.2, 0.25) is 0 Å². The van der Waals surface area contributed by atoms with Crippen molar-refractivity contribution in [2.45, 2.75) is 18.4 Å². The molecule has 1 amide bonds. The zero-order valence-electron chi connectivity index (χ0n) is 14.9. The van der Waals surface area contributed by atoms with E-state index in [0.717, 1.165) is 5.56 Å². The van der Waals surface area contributed by atoms with Crippen LogP contribution < -0.4 is 10.0 Å². The van der Waals surface area contributed by atoms with E-state index in [9.17, 15) is 13.2 Å². The molecule has 27 heavy (non-hydrogen) atoms. The van der Waals surface area contributed by atoms with E-state index >= 15 is 0 Å². The summed E-state index contributed by atoms with van der Waals surface area (Å²) in [6, 6.07) is 22.5. The first-order valence-electron chi connectivity index (χ1n) is 8.42. The summed E-state index contributed by atoms with van der Waals surface area (Å²) in [5, 5.41) is 0. The molecule has 0 spiro atoms. The van der Waals surface area contributed by atoms with Crippen LogP contribution >= 0.6 is 0 Å². The monoisotopic (exact) mass is 380 g/mol. The second kappa shape index (κ2) is 7.63. The van der Waals surface area contributed by atoms with Gasteiger partial charge in [0.25, 0.3) is 10.0 Å². The minimum absolute atomic E-state index is 0.140. The Morgan fingerprint density at radius 1 is 0.889 bits per heavy atom. The lowest BCUT2D eigenvalue weighted by atomic mass is 10.1. The summed E-state index contributed by atoms with van der Waals surface area (Å²) in [6.45, 7) is 1.84. The predicted molar refractivity (Wildman–Crippen MR) is 106 cm³/mol. The average molecular weight is 380 g/mol. The van der Waals surface area contributed by atoms with E-state index in [1.54, 1.807) is 55.5 Å². The molecule has 3 aromatic carbocycles. The molecule has 3 rings (SSSR count). The van der Waals surface area contributed by atoms with E-state index in [2.05, 4.69) is 0 Å². The number of anilines is 1. The lowest BCUT2D eigenvalue weighted by Crippen LogP contribution is -2.31. The Balaban J connectivity index is 2.17. The number of hydrogen-bond donors (Lipinski definition) is 1. The molecule has 0 aliphatic heterocycles. The highest BCUT2D eigenvalue weighted by Gasteiger charge is 2.27. The summed E-state index contributed by atoms with van der Waals surface area (Å²) >= 11 is 0. The summed E-state index contributed by atoms with van der Waals surface area (Å²) in [5.74, 6) is -0.592. The Bertz CT molecular complexity index is 1050. The summed E-state index contributed by atoms with van der Waals surface area (Å²) in [4.78, 5) is 11.9. The first-order valence-corrected chi connectivity index (χ1v) is 9.86. The molecule has 0 aliphatic rings. The maximum Gasteiger partial charge on any atom is 0.264 e. The van der Waals surface area contributed by atoms with Gasteiger partial charge >= 0.3 is 0 Å². The van der Waals surface area contributed by atoms with Gasteiger partial charge in [0.05, 0.1) is 17.1 Å². The number of hydrogen-bond acceptors (Lipinski definition) is 3. The van der Waals surface area contributed by atoms with Gasteiger partial charge in [-0.05, 0) is 42.3 Å². The van der Waals surface area contributed by atoms with Gasteiger partial charge in [0.1, 0.15) is 0 Å². The number of nitrogens with two attached hydrogens (primary N) is 1. The summed E-state index contributed by atoms with van der Waals surface area (Å²) in [7, 11) is -3.84. The van der Waals surface area contributed by atoms with Crippen LogP contribution in [0.3, 0.4) is 0 Å². The molecule has 0 saturated carbocycles. The van der Waals surface area contributed by atoms with E-state index in [-0.39, 0.29) is 11.4 Å². The molecule has 0 bridgehead atoms. The predicted octanol–water partition coefficient (Wildman–Crippen LogP) is 3.49. The van der Waals surface area contributed by atoms with Crippen molar-refractivity contribution in [1.29, 1.82) is 0 Å². The van der Waals surface area contributed by atoms with Crippen molar-refractivity contribution in [3.63, 3.8) is 0 Å². The van der Waals surface area contributed by atoms with Gasteiger partial charge in [-0.25, -0.2) is 8.42 Å². The van der Waals surface area contributed by atoms with Crippen LogP contribution in [-0.2, 0) is 16.6 Å². The van der Waals surface area contributed by atoms with Gasteiger partial charge in [0, 0.05) is 5.56 Å². The standard InChI is InChI=1S/C21H20N2O3S/c1-16-19(21(22)24)13-8-14-20(16)23(15-17-9-4-2-5-10-17)27(25,26)18-11-6-3-7-12-18/h2-14H,15H2,1H3,(H2,22,24). The van der Waals surface area contributed by atoms with Crippen molar-refractivity contribution in [2.75, 3.05) is 4.31 Å². The fourth-order valence-electron chi connectivity index (χ4n) is 2.93. The quantitative estimate of drug-likeness (QED) is 0.711. The molecule has 6 heteroatoms. The van der Waals surface area contributed by atoms with Crippen LogP contribution in [-0.4, -0.2) is 14.3 Å². The lowest BCUT2D eigenvalue weighted by molar-refractivity contribution is 0.0999. The maximum absolute atomic E-state index is 13.4. The zero-order valence-corrected chi connectivity index (χ0v) is 15.7. The molecule has 5 nitrogen and oxygen atoms in total. The number of nitrogens with zero attached hydrogens (tertiary/aromatic N) is 1. The van der Waals surface area contributed by atoms with Crippen molar-refractivity contribution in [3.05, 3.63) is 95.6 Å². The number of amides is 1. The van der Waals surface area contributed by atoms with Gasteiger partial charge in [-0.1, -0.05) is 54.6 Å². The van der Waals surface area contributed by atoms with E-state index in [1.165, 1.54) is 4.31 Å². The molecule has 0 aliphatic carbocycles. The van der Waals surface area contributed by atoms with Crippen molar-refractivity contribution in [3.8, 4) is 0 Å². The molecular weight excluding hydrogens is 360 g/mol. The number of carbonyl (C=O) groups is 1. The highest BCUT2D eigenvalue weighted by atomic mass is 32.2. The fourth-order valence-corrected chi connectivity index (χ4v) is 4.46. The number of benzene rings is 3. The smallest absolute Gasteiger partial charge is 0.264 e. The Morgan fingerprint density at radius 3 is 2.07 bits per heavy atom. The van der Waals surface area contributed by atoms with E-state index < -0.39 is 15.9 Å². The van der Waals surface area contributed by atoms with Crippen molar-refractivity contribution in [2.24, 2.45) is 5.73 Å². The largest absolute Gasteiger partial charge is 0.366 e. The highest BCUT2D eigenvalue weighted by molar-refractivity contribution is 7.92. The molecular formula is C21H20N2O3S. The summed E-state index contributed by atoms with van der Waals surface area (Å²) in [6.07, 6.45) is 0. The van der Waals surface area contributed by atoms with Crippen LogP contribution in [0.5, 0.6) is 0 Å². The van der Waals surface area contributed by atoms with Crippen LogP contribution in [0.4, 0.5) is 5.69 Å². The molecule has 0 atom stereocenters. The highest BCUT2D eigenvalue weighted by Crippen LogP contribution is 2.30. The number of rotatable bonds is 6. The second-order valence-electron chi connectivity index (χ2n) is 6.12. The molecule has 0 saturated heterocycles. The molecule has 0 radical (unpaired) electrons. The lowest BCUT2D eigenvalue weighted by Gasteiger charge is -2.27. The van der Waals surface area contributed by atoms with Gasteiger partial charge < -0.3 is 5.73 Å². The molecule has 0 aromatic heterocycles. The molecule has 3 aromatic rings. The summed E-state index contributed by atoms with van der Waals surface area (Å²) < 4.78 is 28.1. The molecule has 0 fully saturated rings. The van der Waals surface area contributed by atoms with E-state index in [0.29, 0.717) is 16.8 Å². The van der Waals surface area contributed by atoms with Crippen molar-refractivity contribution in [1.82, 2.24) is 0 Å². The Hall–Kier alpha value is -3.12. The van der Waals surface area contributed by atoms with Gasteiger partial charge in [-0.2, -0.15) is 0 Å². The third-order valence-corrected chi connectivity index (χ3v) is 6.11. The van der Waals surface area contributed by atoms with Gasteiger partial charge in [0.2, 0.25) is 5.91 Å². The van der Waals surface area contributed by atoms with Crippen molar-refractivity contribution >= 4 is 21.6 Å². The van der Waals surface area contributed by atoms with Crippen LogP contribution in [0.15, 0.2) is 83.8 Å². The summed E-state index contributed by atoms with van der Waals surface area (Å²) in [5.41, 5.74) is 7.54. The number of carbonyl (C=O) groups excluding carboxylic acids is 1. The Labute approximate surface area is 159 Å². The maximum atomic E-state index is 13.4. The normalized spacial score (nSPS) is 11.1. The van der Waals surface area contributed by atoms with Crippen LogP contribution in [0.25, 0.3) is 0 Å². The third-order valence-electron chi connectivity index (χ3n) is 4.34. The Kier molecular flexibility index (Phi) is 5.28. The first-order chi connectivity index (χ1) is 12.9. The number of primary amides is 1. The minimum Gasteiger partial charge on any atom is -0.366 e. The zero-order chi connectivity index (χ0) is 19.4. The Morgan fingerprint density at radius 2 is 1.48 bits per heavy atom. The van der Waals surface area contributed by atoms with E-state index in [1.807, 2.05) is 30.3 Å². The number of sulfonamides is 1. The minimum atomic E-state index is -3.84. The third kappa shape index (κ3) is 3.85. The van der Waals surface area contributed by atoms with Crippen LogP contribution in [0.1, 0.15) is 21.5 Å². The average Bonchev–Trinajstić information content (AvgIpc) is 2.68. The van der Waals surface area contributed by atoms with Gasteiger partial charge in [-0.15, -0.1) is 0 Å². The molecule has 0 unspecified atom stereocenters. The van der Waals surface area contributed by atoms with Crippen molar-refractivity contribution < 1.29 is 13.2 Å². The van der Waals surface area contributed by atoms with Gasteiger partial charge in [-0.3, -0.25) is 9.10 Å². The molecule has 138 valence electrons. The SMILES string of the molecule is Cc1c(C(N)=O)cccc1N(Cc1ccccc1)S(=O)(=O)c1ccccc1. The fraction of sp³-hybridized carbons (Fsp3) is 0.0952. The molecule has 2 N–H and O–H groups in total. The van der Waals surface area contributed by atoms with Crippen LogP contribution in [0, 0.1) is 6.92 Å². The topological polar surface area (TPSA) is 80.5 Å². The second-order valence-corrected chi connectivity index (χ2v) is 7.99.